The number of carbonyl (C=O) groups is 1. The Morgan fingerprint density at radius 3 is 1.63 bits per heavy atom. The minimum atomic E-state index is -0.551. The van der Waals surface area contributed by atoms with Gasteiger partial charge in [0.15, 0.2) is 5.78 Å². The van der Waals surface area contributed by atoms with E-state index in [1.165, 1.54) is 0 Å². The van der Waals surface area contributed by atoms with Crippen LogP contribution in [0.3, 0.4) is 0 Å². The van der Waals surface area contributed by atoms with Crippen molar-refractivity contribution in [3.63, 3.8) is 0 Å². The number of carbonyl (C=O) groups excluding carboxylic acids is 1. The van der Waals surface area contributed by atoms with Crippen LogP contribution in [-0.2, 0) is 13.2 Å². The largest absolute Gasteiger partial charge is 1.00 e. The number of ether oxygens (including phenoxy) is 2. The van der Waals surface area contributed by atoms with E-state index in [-0.39, 0.29) is 70.6 Å². The Balaban J connectivity index is 0.000000264. The first kappa shape index (κ1) is 48.0. The number of pyridine rings is 2. The molecule has 6 aromatic rings. The summed E-state index contributed by atoms with van der Waals surface area (Å²) in [5, 5.41) is 30.2. The molecule has 2 saturated heterocycles. The average molecular weight is 842 g/mol. The van der Waals surface area contributed by atoms with Crippen molar-refractivity contribution < 1.29 is 60.6 Å². The predicted molar refractivity (Wildman–Crippen MR) is 244 cm³/mol. The monoisotopic (exact) mass is 841 g/mol. The second-order valence-corrected chi connectivity index (χ2v) is 15.7. The van der Waals surface area contributed by atoms with Crippen molar-refractivity contribution in [2.24, 2.45) is 0 Å². The smallest absolute Gasteiger partial charge is 1.00 e. The average Bonchev–Trinajstić information content (AvgIpc) is 3.95. The predicted octanol–water partition coefficient (Wildman–Crippen LogP) is 5.41. The summed E-state index contributed by atoms with van der Waals surface area (Å²) in [6.07, 6.45) is 5.01. The Hall–Kier alpha value is -5.01. The molecule has 2 aromatic heterocycles. The standard InChI is InChI=1S/C25H28N2O3.C25H26N2O3.B.Na.H/c2*1-17-7-10-25(26-14-17)30-21-11-12-27(15-21)24-9-8-19(13-20(24)16-28)23-6-4-3-5-22(23)18(2)29;;;/h3-10,13-14,18,21,28-29H,11-12,15-16H2,1-2H3;3-10,13-14,21,28H,11-12,15-16H2,1-2H3;;;/q;;;+1;-1/t18?,21-;21-;;;/m00.../s1. The number of aliphatic hydroxyl groups excluding tert-OH is 3. The van der Waals surface area contributed by atoms with Gasteiger partial charge in [-0.15, -0.1) is 0 Å². The van der Waals surface area contributed by atoms with Crippen LogP contribution in [0.1, 0.15) is 72.4 Å². The van der Waals surface area contributed by atoms with Gasteiger partial charge in [0.25, 0.3) is 0 Å². The molecular weight excluding hydrogens is 786 g/mol. The van der Waals surface area contributed by atoms with Gasteiger partial charge in [0, 0.05) is 86.9 Å². The summed E-state index contributed by atoms with van der Waals surface area (Å²) in [5.41, 5.74) is 11.4. The van der Waals surface area contributed by atoms with Crippen molar-refractivity contribution in [2.75, 3.05) is 36.0 Å². The minimum absolute atomic E-state index is 0. The van der Waals surface area contributed by atoms with Crippen molar-refractivity contribution in [3.05, 3.63) is 155 Å². The van der Waals surface area contributed by atoms with Gasteiger partial charge in [0.1, 0.15) is 12.2 Å². The summed E-state index contributed by atoms with van der Waals surface area (Å²) in [4.78, 5) is 25.2. The normalized spacial score (nSPS) is 16.0. The fourth-order valence-corrected chi connectivity index (χ4v) is 8.02. The Labute approximate surface area is 391 Å². The van der Waals surface area contributed by atoms with Gasteiger partial charge in [0.2, 0.25) is 11.8 Å². The van der Waals surface area contributed by atoms with Crippen LogP contribution in [0.25, 0.3) is 22.3 Å². The summed E-state index contributed by atoms with van der Waals surface area (Å²) in [6, 6.07) is 35.4. The zero-order chi connectivity index (χ0) is 42.2. The van der Waals surface area contributed by atoms with E-state index in [4.69, 9.17) is 9.47 Å². The molecule has 3 N–H and O–H groups in total. The van der Waals surface area contributed by atoms with Gasteiger partial charge >= 0.3 is 29.6 Å². The molecule has 8 rings (SSSR count). The van der Waals surface area contributed by atoms with E-state index in [2.05, 4.69) is 31.9 Å². The van der Waals surface area contributed by atoms with Crippen molar-refractivity contribution >= 4 is 25.6 Å². The molecule has 4 aromatic carbocycles. The number of ketones is 1. The van der Waals surface area contributed by atoms with Crippen LogP contribution in [0.15, 0.2) is 122 Å². The van der Waals surface area contributed by atoms with Gasteiger partial charge in [-0.1, -0.05) is 72.8 Å². The summed E-state index contributed by atoms with van der Waals surface area (Å²) in [6.45, 7) is 10.5. The summed E-state index contributed by atoms with van der Waals surface area (Å²) in [7, 11) is 0. The van der Waals surface area contributed by atoms with Gasteiger partial charge in [0.05, 0.1) is 32.4 Å². The quantitative estimate of drug-likeness (QED) is 0.109. The fraction of sp³-hybridized carbons (Fsp3) is 0.300. The number of rotatable bonds is 12. The summed E-state index contributed by atoms with van der Waals surface area (Å²) < 4.78 is 12.1. The molecule has 10 nitrogen and oxygen atoms in total. The van der Waals surface area contributed by atoms with Crippen LogP contribution in [0.5, 0.6) is 11.8 Å². The number of aryl methyl sites for hydroxylation is 2. The van der Waals surface area contributed by atoms with Gasteiger partial charge < -0.3 is 36.0 Å². The van der Waals surface area contributed by atoms with Crippen molar-refractivity contribution in [3.8, 4) is 34.0 Å². The molecular formula is C50H55BN4NaO6. The first-order chi connectivity index (χ1) is 29.1. The van der Waals surface area contributed by atoms with Gasteiger partial charge in [-0.25, -0.2) is 9.97 Å². The molecule has 0 saturated carbocycles. The van der Waals surface area contributed by atoms with Crippen LogP contribution in [0.4, 0.5) is 11.4 Å². The Bertz CT molecular complexity index is 2410. The van der Waals surface area contributed by atoms with Crippen LogP contribution in [0, 0.1) is 13.8 Å². The molecule has 62 heavy (non-hydrogen) atoms. The number of anilines is 2. The molecule has 0 bridgehead atoms. The molecule has 2 aliphatic rings. The Kier molecular flexibility index (Phi) is 17.3. The zero-order valence-corrected chi connectivity index (χ0v) is 38.4. The number of aliphatic hydroxyl groups is 3. The molecule has 0 spiro atoms. The molecule has 315 valence electrons. The second kappa shape index (κ2) is 22.4. The third-order valence-electron chi connectivity index (χ3n) is 11.2. The Morgan fingerprint density at radius 2 is 1.18 bits per heavy atom. The van der Waals surface area contributed by atoms with E-state index in [0.29, 0.717) is 17.3 Å². The minimum Gasteiger partial charge on any atom is -1.00 e. The molecule has 12 heteroatoms. The van der Waals surface area contributed by atoms with E-state index in [1.807, 2.05) is 123 Å². The molecule has 0 aliphatic carbocycles. The van der Waals surface area contributed by atoms with Gasteiger partial charge in [-0.2, -0.15) is 0 Å². The number of benzene rings is 4. The van der Waals surface area contributed by atoms with Crippen LogP contribution < -0.4 is 48.8 Å². The van der Waals surface area contributed by atoms with E-state index in [9.17, 15) is 20.1 Å². The van der Waals surface area contributed by atoms with E-state index in [1.54, 1.807) is 13.8 Å². The SMILES string of the molecule is CC(=O)c1ccccc1-c1ccc(N2CC[C@H](Oc3ccc(C)cn3)C2)c(CO)c1.Cc1ccc(O[C@H]2CCN(c3ccc(-c4ccccc4C(C)O)cc3CO)C2)nc1.[B].[H-].[Na+]. The molecule has 4 heterocycles. The first-order valence-corrected chi connectivity index (χ1v) is 20.6. The molecule has 3 radical (unpaired) electrons. The number of hydrogen-bond donors (Lipinski definition) is 3. The third-order valence-corrected chi connectivity index (χ3v) is 11.2. The van der Waals surface area contributed by atoms with Gasteiger partial charge in [-0.05, 0) is 90.9 Å². The molecule has 2 fully saturated rings. The Morgan fingerprint density at radius 1 is 0.710 bits per heavy atom. The molecule has 2 aliphatic heterocycles. The van der Waals surface area contributed by atoms with E-state index < -0.39 is 6.10 Å². The van der Waals surface area contributed by atoms with Crippen molar-refractivity contribution in [2.45, 2.75) is 72.1 Å². The number of aromatic nitrogens is 2. The van der Waals surface area contributed by atoms with Crippen LogP contribution in [-0.4, -0.2) is 77.9 Å². The van der Waals surface area contributed by atoms with Gasteiger partial charge in [-0.3, -0.25) is 4.79 Å². The number of Topliss-reactive ketones (excluding diaryl/α,β-unsaturated/α-hetero) is 1. The maximum atomic E-state index is 12.0. The molecule has 0 amide bonds. The maximum Gasteiger partial charge on any atom is 1.00 e. The molecule has 3 atom stereocenters. The first-order valence-electron chi connectivity index (χ1n) is 20.6. The third kappa shape index (κ3) is 11.7. The van der Waals surface area contributed by atoms with Crippen molar-refractivity contribution in [1.82, 2.24) is 9.97 Å². The second-order valence-electron chi connectivity index (χ2n) is 15.7. The van der Waals surface area contributed by atoms with Crippen LogP contribution in [0.2, 0.25) is 0 Å². The van der Waals surface area contributed by atoms with Crippen LogP contribution >= 0.6 is 0 Å². The zero-order valence-electron chi connectivity index (χ0n) is 37.4. The fourth-order valence-electron chi connectivity index (χ4n) is 8.02. The van der Waals surface area contributed by atoms with E-state index >= 15 is 0 Å². The summed E-state index contributed by atoms with van der Waals surface area (Å²) >= 11 is 0. The molecule has 1 unspecified atom stereocenters. The summed E-state index contributed by atoms with van der Waals surface area (Å²) in [5.74, 6) is 1.33. The van der Waals surface area contributed by atoms with E-state index in [0.717, 1.165) is 100 Å². The van der Waals surface area contributed by atoms with Crippen molar-refractivity contribution in [1.29, 1.82) is 0 Å². The maximum absolute atomic E-state index is 12.0. The number of nitrogens with zero attached hydrogens (tertiary/aromatic N) is 4. The number of hydrogen-bond acceptors (Lipinski definition) is 10. The topological polar surface area (TPSA) is 128 Å².